The van der Waals surface area contributed by atoms with Gasteiger partial charge in [0.1, 0.15) is 0 Å². The van der Waals surface area contributed by atoms with Crippen molar-refractivity contribution in [3.63, 3.8) is 0 Å². The molecule has 2 rings (SSSR count). The van der Waals surface area contributed by atoms with Crippen LogP contribution < -0.4 is 10.9 Å². The standard InChI is InChI=1S/C13H19N3O2/c1-2-11-13(18)16(8-6-14-11)10-9-15-7-4-3-5-12(15)17/h3-5,7,11,14H,2,6,8-10H2,1H3. The lowest BCUT2D eigenvalue weighted by Gasteiger charge is -2.32. The minimum atomic E-state index is -0.0637. The first kappa shape index (κ1) is 12.8. The van der Waals surface area contributed by atoms with Gasteiger partial charge in [-0.25, -0.2) is 0 Å². The zero-order chi connectivity index (χ0) is 13.0. The summed E-state index contributed by atoms with van der Waals surface area (Å²) in [5.74, 6) is 0.146. The minimum Gasteiger partial charge on any atom is -0.338 e. The number of carbonyl (C=O) groups is 1. The third-order valence-electron chi connectivity index (χ3n) is 3.30. The molecule has 5 nitrogen and oxygen atoms in total. The monoisotopic (exact) mass is 249 g/mol. The summed E-state index contributed by atoms with van der Waals surface area (Å²) in [6.07, 6.45) is 2.56. The van der Waals surface area contributed by atoms with Crippen molar-refractivity contribution in [2.24, 2.45) is 0 Å². The zero-order valence-corrected chi connectivity index (χ0v) is 10.6. The molecule has 1 saturated heterocycles. The largest absolute Gasteiger partial charge is 0.338 e. The Labute approximate surface area is 106 Å². The third-order valence-corrected chi connectivity index (χ3v) is 3.30. The van der Waals surface area contributed by atoms with Gasteiger partial charge in [-0.15, -0.1) is 0 Å². The predicted octanol–water partition coefficient (Wildman–Crippen LogP) is 0.0587. The highest BCUT2D eigenvalue weighted by atomic mass is 16.2. The molecule has 18 heavy (non-hydrogen) atoms. The van der Waals surface area contributed by atoms with Gasteiger partial charge in [-0.05, 0) is 12.5 Å². The van der Waals surface area contributed by atoms with Gasteiger partial charge in [0.15, 0.2) is 0 Å². The normalized spacial score (nSPS) is 20.2. The fourth-order valence-corrected chi connectivity index (χ4v) is 2.21. The Bertz CT molecular complexity index is 469. The average Bonchev–Trinajstić information content (AvgIpc) is 2.39. The van der Waals surface area contributed by atoms with Crippen LogP contribution in [0.1, 0.15) is 13.3 Å². The molecule has 1 aromatic rings. The average molecular weight is 249 g/mol. The van der Waals surface area contributed by atoms with E-state index in [9.17, 15) is 9.59 Å². The number of amides is 1. The van der Waals surface area contributed by atoms with Crippen LogP contribution in [0.2, 0.25) is 0 Å². The molecule has 1 aliphatic heterocycles. The fourth-order valence-electron chi connectivity index (χ4n) is 2.21. The molecule has 1 unspecified atom stereocenters. The molecule has 0 spiro atoms. The molecule has 1 aromatic heterocycles. The van der Waals surface area contributed by atoms with Gasteiger partial charge in [-0.2, -0.15) is 0 Å². The minimum absolute atomic E-state index is 0.0212. The number of carbonyl (C=O) groups excluding carboxylic acids is 1. The maximum absolute atomic E-state index is 12.0. The Kier molecular flexibility index (Phi) is 4.15. The van der Waals surface area contributed by atoms with Crippen LogP contribution in [0.15, 0.2) is 29.2 Å². The topological polar surface area (TPSA) is 54.3 Å². The quantitative estimate of drug-likeness (QED) is 0.821. The fraction of sp³-hybridized carbons (Fsp3) is 0.538. The summed E-state index contributed by atoms with van der Waals surface area (Å²) in [6, 6.07) is 5.03. The Balaban J connectivity index is 1.96. The first-order valence-corrected chi connectivity index (χ1v) is 6.40. The summed E-state index contributed by atoms with van der Waals surface area (Å²) in [4.78, 5) is 25.4. The van der Waals surface area contributed by atoms with Gasteiger partial charge in [-0.1, -0.05) is 13.0 Å². The Morgan fingerprint density at radius 2 is 2.17 bits per heavy atom. The van der Waals surface area contributed by atoms with Crippen molar-refractivity contribution in [1.82, 2.24) is 14.8 Å². The smallest absolute Gasteiger partial charge is 0.250 e. The predicted molar refractivity (Wildman–Crippen MR) is 69.4 cm³/mol. The molecular weight excluding hydrogens is 230 g/mol. The van der Waals surface area contributed by atoms with Crippen LogP contribution in [-0.4, -0.2) is 41.1 Å². The molecule has 0 radical (unpaired) electrons. The van der Waals surface area contributed by atoms with Crippen molar-refractivity contribution in [3.8, 4) is 0 Å². The molecule has 2 heterocycles. The van der Waals surface area contributed by atoms with Crippen molar-refractivity contribution in [2.45, 2.75) is 25.9 Å². The lowest BCUT2D eigenvalue weighted by atomic mass is 10.1. The molecule has 5 heteroatoms. The summed E-state index contributed by atoms with van der Waals surface area (Å²) in [7, 11) is 0. The van der Waals surface area contributed by atoms with E-state index in [1.54, 1.807) is 16.8 Å². The molecule has 1 amide bonds. The van der Waals surface area contributed by atoms with Crippen molar-refractivity contribution in [2.75, 3.05) is 19.6 Å². The van der Waals surface area contributed by atoms with E-state index in [0.29, 0.717) is 13.1 Å². The third kappa shape index (κ3) is 2.79. The summed E-state index contributed by atoms with van der Waals surface area (Å²) < 4.78 is 1.64. The number of nitrogens with one attached hydrogen (secondary N) is 1. The summed E-state index contributed by atoms with van der Waals surface area (Å²) >= 11 is 0. The molecule has 0 bridgehead atoms. The highest BCUT2D eigenvalue weighted by Gasteiger charge is 2.26. The SMILES string of the molecule is CCC1NCCN(CCn2ccccc2=O)C1=O. The summed E-state index contributed by atoms with van der Waals surface area (Å²) in [5.41, 5.74) is -0.0212. The molecule has 0 aliphatic carbocycles. The van der Waals surface area contributed by atoms with Crippen LogP contribution in [0.3, 0.4) is 0 Å². The van der Waals surface area contributed by atoms with Gasteiger partial charge in [0.25, 0.3) is 5.56 Å². The van der Waals surface area contributed by atoms with Gasteiger partial charge in [0, 0.05) is 38.4 Å². The van der Waals surface area contributed by atoms with Crippen LogP contribution in [0.5, 0.6) is 0 Å². The van der Waals surface area contributed by atoms with Gasteiger partial charge >= 0.3 is 0 Å². The van der Waals surface area contributed by atoms with Crippen molar-refractivity contribution in [1.29, 1.82) is 0 Å². The number of pyridine rings is 1. The van der Waals surface area contributed by atoms with Crippen LogP contribution >= 0.6 is 0 Å². The lowest BCUT2D eigenvalue weighted by Crippen LogP contribution is -2.55. The molecule has 1 atom stereocenters. The number of hydrogen-bond acceptors (Lipinski definition) is 3. The second-order valence-electron chi connectivity index (χ2n) is 4.47. The molecule has 1 fully saturated rings. The van der Waals surface area contributed by atoms with E-state index >= 15 is 0 Å². The summed E-state index contributed by atoms with van der Waals surface area (Å²) in [6.45, 7) is 4.70. The van der Waals surface area contributed by atoms with Gasteiger partial charge < -0.3 is 14.8 Å². The van der Waals surface area contributed by atoms with Gasteiger partial charge in [0.05, 0.1) is 6.04 Å². The molecule has 0 aromatic carbocycles. The van der Waals surface area contributed by atoms with E-state index in [-0.39, 0.29) is 17.5 Å². The molecule has 98 valence electrons. The number of aromatic nitrogens is 1. The maximum atomic E-state index is 12.0. The van der Waals surface area contributed by atoms with Gasteiger partial charge in [-0.3, -0.25) is 9.59 Å². The Hall–Kier alpha value is -1.62. The lowest BCUT2D eigenvalue weighted by molar-refractivity contribution is -0.135. The maximum Gasteiger partial charge on any atom is 0.250 e. The Morgan fingerprint density at radius 1 is 1.33 bits per heavy atom. The van der Waals surface area contributed by atoms with Crippen LogP contribution in [-0.2, 0) is 11.3 Å². The van der Waals surface area contributed by atoms with E-state index < -0.39 is 0 Å². The highest BCUT2D eigenvalue weighted by molar-refractivity contribution is 5.82. The van der Waals surface area contributed by atoms with Crippen LogP contribution in [0.25, 0.3) is 0 Å². The van der Waals surface area contributed by atoms with Crippen molar-refractivity contribution in [3.05, 3.63) is 34.7 Å². The highest BCUT2D eigenvalue weighted by Crippen LogP contribution is 2.04. The van der Waals surface area contributed by atoms with Crippen molar-refractivity contribution >= 4 is 5.91 Å². The second-order valence-corrected chi connectivity index (χ2v) is 4.47. The molecular formula is C13H19N3O2. The van der Waals surface area contributed by atoms with E-state index in [2.05, 4.69) is 5.32 Å². The summed E-state index contributed by atoms with van der Waals surface area (Å²) in [5, 5.41) is 3.20. The van der Waals surface area contributed by atoms with E-state index in [1.165, 1.54) is 6.07 Å². The molecule has 1 N–H and O–H groups in total. The van der Waals surface area contributed by atoms with E-state index in [4.69, 9.17) is 0 Å². The van der Waals surface area contributed by atoms with E-state index in [1.807, 2.05) is 17.9 Å². The number of nitrogens with zero attached hydrogens (tertiary/aromatic N) is 2. The molecule has 1 aliphatic rings. The first-order chi connectivity index (χ1) is 8.72. The van der Waals surface area contributed by atoms with Crippen LogP contribution in [0.4, 0.5) is 0 Å². The number of hydrogen-bond donors (Lipinski definition) is 1. The second kappa shape index (κ2) is 5.82. The number of rotatable bonds is 4. The van der Waals surface area contributed by atoms with E-state index in [0.717, 1.165) is 19.5 Å². The first-order valence-electron chi connectivity index (χ1n) is 6.40. The van der Waals surface area contributed by atoms with Gasteiger partial charge in [0.2, 0.25) is 5.91 Å². The number of piperazine rings is 1. The Morgan fingerprint density at radius 3 is 2.89 bits per heavy atom. The zero-order valence-electron chi connectivity index (χ0n) is 10.6. The van der Waals surface area contributed by atoms with Crippen molar-refractivity contribution < 1.29 is 4.79 Å². The molecule has 0 saturated carbocycles. The van der Waals surface area contributed by atoms with Crippen LogP contribution in [0, 0.1) is 0 Å².